The molecule has 4 aliphatic rings. The topological polar surface area (TPSA) is 51.2 Å². The summed E-state index contributed by atoms with van der Waals surface area (Å²) in [6.45, 7) is 0. The van der Waals surface area contributed by atoms with Crippen LogP contribution in [0.15, 0.2) is 36.5 Å². The molecule has 222 valence electrons. The average Bonchev–Trinajstić information content (AvgIpc) is 3.48. The molecule has 3 aliphatic carbocycles. The zero-order valence-electron chi connectivity index (χ0n) is 22.7. The minimum Gasteiger partial charge on any atom is -0.481 e. The molecule has 6 rings (SSSR count). The van der Waals surface area contributed by atoms with E-state index in [1.165, 1.54) is 6.07 Å². The van der Waals surface area contributed by atoms with Crippen LogP contribution in [-0.2, 0) is 23.8 Å². The maximum absolute atomic E-state index is 13.8. The molecule has 2 saturated carbocycles. The van der Waals surface area contributed by atoms with Gasteiger partial charge in [-0.05, 0) is 80.9 Å². The summed E-state index contributed by atoms with van der Waals surface area (Å²) in [6, 6.07) is 7.45. The van der Waals surface area contributed by atoms with Crippen molar-refractivity contribution in [1.82, 2.24) is 10.3 Å². The van der Waals surface area contributed by atoms with Crippen molar-refractivity contribution in [1.29, 1.82) is 0 Å². The molecule has 6 atom stereocenters. The van der Waals surface area contributed by atoms with E-state index in [0.29, 0.717) is 48.9 Å². The largest absolute Gasteiger partial charge is 0.481 e. The first-order valence-electron chi connectivity index (χ1n) is 14.6. The summed E-state index contributed by atoms with van der Waals surface area (Å²) >= 11 is 0. The van der Waals surface area contributed by atoms with Crippen molar-refractivity contribution in [2.24, 2.45) is 17.3 Å². The molecule has 4 nitrogen and oxygen atoms in total. The van der Waals surface area contributed by atoms with Gasteiger partial charge in [-0.1, -0.05) is 24.6 Å². The van der Waals surface area contributed by atoms with Gasteiger partial charge in [0.05, 0.1) is 5.56 Å². The third-order valence-electron chi connectivity index (χ3n) is 9.97. The SMILES string of the molecule is O=C(CCC1CCc2ncc(C(F)(F)F)cc2C1)[C@@]12CCC[C@@H]1C[C@@H](N[C@@H]1C[C@@H](C(F)(F)F)Oc3ccccc31)C2. The van der Waals surface area contributed by atoms with Gasteiger partial charge in [-0.15, -0.1) is 0 Å². The normalized spacial score (nSPS) is 31.2. The number of carbonyl (C=O) groups excluding carboxylic acids is 1. The smallest absolute Gasteiger partial charge is 0.425 e. The Morgan fingerprint density at radius 3 is 2.68 bits per heavy atom. The number of ether oxygens (including phenoxy) is 1. The number of aromatic nitrogens is 1. The van der Waals surface area contributed by atoms with Gasteiger partial charge in [0.15, 0.2) is 6.10 Å². The van der Waals surface area contributed by atoms with Crippen LogP contribution in [0.5, 0.6) is 5.75 Å². The lowest BCUT2D eigenvalue weighted by Gasteiger charge is -2.35. The maximum atomic E-state index is 13.8. The second-order valence-electron chi connectivity index (χ2n) is 12.4. The maximum Gasteiger partial charge on any atom is 0.425 e. The number of pyridine rings is 1. The van der Waals surface area contributed by atoms with Crippen molar-refractivity contribution < 1.29 is 35.9 Å². The summed E-state index contributed by atoms with van der Waals surface area (Å²) in [4.78, 5) is 17.8. The first kappa shape index (κ1) is 28.5. The fourth-order valence-electron chi connectivity index (χ4n) is 7.97. The highest BCUT2D eigenvalue weighted by Gasteiger charge is 2.55. The van der Waals surface area contributed by atoms with Gasteiger partial charge in [0.25, 0.3) is 0 Å². The predicted octanol–water partition coefficient (Wildman–Crippen LogP) is 7.55. The van der Waals surface area contributed by atoms with Gasteiger partial charge in [-0.25, -0.2) is 0 Å². The van der Waals surface area contributed by atoms with Crippen molar-refractivity contribution in [2.75, 3.05) is 0 Å². The number of ketones is 1. The number of nitrogens with one attached hydrogen (secondary N) is 1. The second-order valence-corrected chi connectivity index (χ2v) is 12.4. The molecule has 10 heteroatoms. The van der Waals surface area contributed by atoms with Gasteiger partial charge >= 0.3 is 12.4 Å². The van der Waals surface area contributed by atoms with Gasteiger partial charge in [-0.3, -0.25) is 9.78 Å². The number of nitrogens with zero attached hydrogens (tertiary/aromatic N) is 1. The Morgan fingerprint density at radius 1 is 1.10 bits per heavy atom. The molecular weight excluding hydrogens is 546 g/mol. The number of benzene rings is 1. The molecule has 2 aromatic rings. The zero-order valence-corrected chi connectivity index (χ0v) is 22.7. The fourth-order valence-corrected chi connectivity index (χ4v) is 7.97. The second kappa shape index (κ2) is 10.6. The number of carbonyl (C=O) groups is 1. The lowest BCUT2D eigenvalue weighted by molar-refractivity contribution is -0.201. The van der Waals surface area contributed by atoms with Gasteiger partial charge in [0.1, 0.15) is 11.5 Å². The van der Waals surface area contributed by atoms with E-state index in [1.807, 2.05) is 0 Å². The highest BCUT2D eigenvalue weighted by Crippen LogP contribution is 2.56. The van der Waals surface area contributed by atoms with Crippen molar-refractivity contribution in [3.63, 3.8) is 0 Å². The molecule has 0 amide bonds. The molecule has 41 heavy (non-hydrogen) atoms. The molecule has 1 unspecified atom stereocenters. The molecule has 0 saturated heterocycles. The van der Waals surface area contributed by atoms with E-state index >= 15 is 0 Å². The molecule has 0 spiro atoms. The Morgan fingerprint density at radius 2 is 1.90 bits per heavy atom. The van der Waals surface area contributed by atoms with Crippen LogP contribution in [0, 0.1) is 17.3 Å². The minimum atomic E-state index is -4.47. The lowest BCUT2D eigenvalue weighted by Crippen LogP contribution is -2.44. The van der Waals surface area contributed by atoms with Gasteiger partial charge < -0.3 is 10.1 Å². The van der Waals surface area contributed by atoms with E-state index in [1.54, 1.807) is 24.3 Å². The lowest BCUT2D eigenvalue weighted by atomic mass is 9.73. The minimum absolute atomic E-state index is 0.0669. The quantitative estimate of drug-likeness (QED) is 0.359. The van der Waals surface area contributed by atoms with Crippen LogP contribution in [0.3, 0.4) is 0 Å². The molecule has 0 radical (unpaired) electrons. The van der Waals surface area contributed by atoms with Crippen molar-refractivity contribution >= 4 is 5.78 Å². The van der Waals surface area contributed by atoms with Crippen molar-refractivity contribution in [2.45, 2.75) is 101 Å². The molecule has 1 N–H and O–H groups in total. The number of halogens is 6. The number of rotatable bonds is 6. The molecule has 2 fully saturated rings. The Labute approximate surface area is 235 Å². The van der Waals surface area contributed by atoms with Crippen LogP contribution >= 0.6 is 0 Å². The average molecular weight is 581 g/mol. The van der Waals surface area contributed by atoms with Gasteiger partial charge in [0, 0.05) is 47.8 Å². The Hall–Kier alpha value is -2.62. The van der Waals surface area contributed by atoms with E-state index in [-0.39, 0.29) is 35.8 Å². The number of para-hydroxylation sites is 1. The van der Waals surface area contributed by atoms with E-state index in [4.69, 9.17) is 4.74 Å². The molecular formula is C31H34F6N2O2. The summed E-state index contributed by atoms with van der Waals surface area (Å²) in [5.74, 6) is 0.778. The predicted molar refractivity (Wildman–Crippen MR) is 139 cm³/mol. The Bertz CT molecular complexity index is 1290. The molecule has 1 aromatic carbocycles. The highest BCUT2D eigenvalue weighted by molar-refractivity contribution is 5.86. The first-order valence-corrected chi connectivity index (χ1v) is 14.6. The fraction of sp³-hybridized carbons (Fsp3) is 0.613. The summed E-state index contributed by atoms with van der Waals surface area (Å²) in [7, 11) is 0. The molecule has 1 aromatic heterocycles. The number of hydrogen-bond donors (Lipinski definition) is 1. The van der Waals surface area contributed by atoms with Crippen LogP contribution < -0.4 is 10.1 Å². The van der Waals surface area contributed by atoms with E-state index in [0.717, 1.165) is 38.3 Å². The third kappa shape index (κ3) is 5.60. The standard InChI is InChI=1S/C31H34F6N2O2/c32-30(33,34)21-13-19-12-18(7-9-24(19)38-17-21)8-10-27(40)29-11-3-4-20(29)14-22(16-29)39-25-15-28(31(35,36)37)41-26-6-2-1-5-23(25)26/h1-2,5-6,13,17-18,20,22,25,28,39H,3-4,7-12,14-16H2/t18?,20-,22-,25-,28+,29-/m1/s1. The van der Waals surface area contributed by atoms with Crippen LogP contribution in [0.4, 0.5) is 26.3 Å². The van der Waals surface area contributed by atoms with Crippen LogP contribution in [0.25, 0.3) is 0 Å². The summed E-state index contributed by atoms with van der Waals surface area (Å²) < 4.78 is 85.7. The highest BCUT2D eigenvalue weighted by atomic mass is 19.4. The van der Waals surface area contributed by atoms with E-state index in [2.05, 4.69) is 10.3 Å². The molecule has 1 aliphatic heterocycles. The number of hydrogen-bond acceptors (Lipinski definition) is 4. The number of alkyl halides is 6. The number of aryl methyl sites for hydroxylation is 1. The van der Waals surface area contributed by atoms with Crippen molar-refractivity contribution in [3.8, 4) is 5.75 Å². The van der Waals surface area contributed by atoms with Gasteiger partial charge in [-0.2, -0.15) is 26.3 Å². The summed E-state index contributed by atoms with van der Waals surface area (Å²) in [5.41, 5.74) is 0.843. The van der Waals surface area contributed by atoms with Crippen LogP contribution in [0.1, 0.15) is 86.2 Å². The molecule has 2 heterocycles. The summed E-state index contributed by atoms with van der Waals surface area (Å²) in [6.07, 6.45) is -3.15. The summed E-state index contributed by atoms with van der Waals surface area (Å²) in [5, 5.41) is 3.49. The van der Waals surface area contributed by atoms with E-state index < -0.39 is 35.5 Å². The first-order chi connectivity index (χ1) is 19.4. The Balaban J connectivity index is 1.11. The number of fused-ring (bicyclic) bond motifs is 3. The van der Waals surface area contributed by atoms with E-state index in [9.17, 15) is 31.1 Å². The zero-order chi connectivity index (χ0) is 29.0. The molecule has 0 bridgehead atoms. The third-order valence-corrected chi connectivity index (χ3v) is 9.97. The van der Waals surface area contributed by atoms with Crippen molar-refractivity contribution in [3.05, 3.63) is 58.9 Å². The van der Waals surface area contributed by atoms with Crippen LogP contribution in [-0.4, -0.2) is 29.1 Å². The Kier molecular flexibility index (Phi) is 7.35. The van der Waals surface area contributed by atoms with Gasteiger partial charge in [0.2, 0.25) is 0 Å². The van der Waals surface area contributed by atoms with Crippen LogP contribution in [0.2, 0.25) is 0 Å². The number of Topliss-reactive ketones (excluding diaryl/α,β-unsaturated/α-hetero) is 1. The monoisotopic (exact) mass is 580 g/mol.